The Morgan fingerprint density at radius 2 is 1.92 bits per heavy atom. The highest BCUT2D eigenvalue weighted by Gasteiger charge is 2.27. The Morgan fingerprint density at radius 3 is 2.65 bits per heavy atom. The van der Waals surface area contributed by atoms with E-state index in [1.54, 1.807) is 24.3 Å². The molecule has 7 nitrogen and oxygen atoms in total. The molecule has 0 aliphatic heterocycles. The summed E-state index contributed by atoms with van der Waals surface area (Å²) in [5.74, 6) is -0.636. The molecule has 138 valence electrons. The summed E-state index contributed by atoms with van der Waals surface area (Å²) in [6.07, 6.45) is 3.37. The maximum absolute atomic E-state index is 12.5. The van der Waals surface area contributed by atoms with Crippen molar-refractivity contribution in [2.24, 2.45) is 5.92 Å². The Balaban J connectivity index is 1.70. The van der Waals surface area contributed by atoms with Gasteiger partial charge < -0.3 is 10.1 Å². The van der Waals surface area contributed by atoms with Gasteiger partial charge in [-0.3, -0.25) is 9.59 Å². The summed E-state index contributed by atoms with van der Waals surface area (Å²) in [6.45, 7) is 3.66. The van der Waals surface area contributed by atoms with E-state index in [1.165, 1.54) is 13.3 Å². The highest BCUT2D eigenvalue weighted by atomic mass is 16.5. The zero-order valence-electron chi connectivity index (χ0n) is 15.0. The minimum Gasteiger partial charge on any atom is -0.448 e. The van der Waals surface area contributed by atoms with Gasteiger partial charge in [0.1, 0.15) is 0 Å². The number of carbonyl (C=O) groups is 2. The molecule has 0 bridgehead atoms. The number of aromatic nitrogens is 2. The van der Waals surface area contributed by atoms with Gasteiger partial charge in [0.25, 0.3) is 11.5 Å². The molecule has 1 aliphatic carbocycles. The lowest BCUT2D eigenvalue weighted by molar-refractivity contribution is -0.130. The van der Waals surface area contributed by atoms with Gasteiger partial charge in [0.15, 0.2) is 11.8 Å². The van der Waals surface area contributed by atoms with Crippen molar-refractivity contribution in [1.29, 1.82) is 0 Å². The molecule has 1 aliphatic rings. The van der Waals surface area contributed by atoms with E-state index >= 15 is 0 Å². The third-order valence-corrected chi connectivity index (χ3v) is 4.98. The van der Waals surface area contributed by atoms with Crippen LogP contribution in [0, 0.1) is 5.92 Å². The lowest BCUT2D eigenvalue weighted by Gasteiger charge is -2.30. The zero-order valence-corrected chi connectivity index (χ0v) is 15.0. The number of ether oxygens (including phenoxy) is 1. The van der Waals surface area contributed by atoms with Crippen LogP contribution in [-0.2, 0) is 9.53 Å². The molecule has 0 radical (unpaired) electrons. The summed E-state index contributed by atoms with van der Waals surface area (Å²) in [5.41, 5.74) is -0.389. The second-order valence-corrected chi connectivity index (χ2v) is 6.87. The molecule has 2 aromatic rings. The van der Waals surface area contributed by atoms with Gasteiger partial charge in [-0.2, -0.15) is 5.10 Å². The molecule has 1 aromatic heterocycles. The standard InChI is InChI=1S/C19H23N3O4/c1-11-7-3-6-10-15(11)20-17(23)12(2)26-19(25)16-13-8-4-5-9-14(13)18(24)22-21-16/h4-5,8-9,11-12,15H,3,6-7,10H2,1-2H3,(H,20,23)(H,22,24)/t11-,12-,15+/m1/s1. The van der Waals surface area contributed by atoms with Crippen LogP contribution in [0.2, 0.25) is 0 Å². The normalized spacial score (nSPS) is 21.2. The second kappa shape index (κ2) is 7.68. The van der Waals surface area contributed by atoms with Crippen molar-refractivity contribution in [3.63, 3.8) is 0 Å². The van der Waals surface area contributed by atoms with Gasteiger partial charge in [-0.1, -0.05) is 38.0 Å². The third-order valence-electron chi connectivity index (χ3n) is 4.98. The van der Waals surface area contributed by atoms with E-state index in [0.717, 1.165) is 19.3 Å². The first-order valence-electron chi connectivity index (χ1n) is 8.96. The number of hydrogen-bond donors (Lipinski definition) is 2. The number of esters is 1. The third kappa shape index (κ3) is 3.76. The number of fused-ring (bicyclic) bond motifs is 1. The van der Waals surface area contributed by atoms with Crippen LogP contribution in [0.4, 0.5) is 0 Å². The van der Waals surface area contributed by atoms with Crippen LogP contribution in [0.3, 0.4) is 0 Å². The minimum atomic E-state index is -0.941. The Kier molecular flexibility index (Phi) is 5.35. The molecule has 0 unspecified atom stereocenters. The topological polar surface area (TPSA) is 101 Å². The maximum atomic E-state index is 12.5. The maximum Gasteiger partial charge on any atom is 0.360 e. The fourth-order valence-corrected chi connectivity index (χ4v) is 3.37. The molecule has 1 aromatic carbocycles. The summed E-state index contributed by atoms with van der Waals surface area (Å²) in [6, 6.07) is 6.76. The van der Waals surface area contributed by atoms with Crippen molar-refractivity contribution in [2.75, 3.05) is 0 Å². The first-order valence-corrected chi connectivity index (χ1v) is 8.96. The molecular weight excluding hydrogens is 334 g/mol. The number of benzene rings is 1. The second-order valence-electron chi connectivity index (χ2n) is 6.87. The predicted octanol–water partition coefficient (Wildman–Crippen LogP) is 2.16. The van der Waals surface area contributed by atoms with E-state index in [-0.39, 0.29) is 23.2 Å². The van der Waals surface area contributed by atoms with E-state index in [2.05, 4.69) is 22.4 Å². The molecule has 1 heterocycles. The van der Waals surface area contributed by atoms with E-state index in [9.17, 15) is 14.4 Å². The van der Waals surface area contributed by atoms with Crippen molar-refractivity contribution < 1.29 is 14.3 Å². The molecule has 3 atom stereocenters. The van der Waals surface area contributed by atoms with Crippen molar-refractivity contribution in [3.05, 3.63) is 40.3 Å². The summed E-state index contributed by atoms with van der Waals surface area (Å²) in [5, 5.41) is 9.82. The lowest BCUT2D eigenvalue weighted by atomic mass is 9.86. The van der Waals surface area contributed by atoms with Crippen LogP contribution in [0.5, 0.6) is 0 Å². The Morgan fingerprint density at radius 1 is 1.23 bits per heavy atom. The number of aromatic amines is 1. The van der Waals surface area contributed by atoms with Crippen LogP contribution in [0.15, 0.2) is 29.1 Å². The van der Waals surface area contributed by atoms with Gasteiger partial charge in [0, 0.05) is 11.4 Å². The summed E-state index contributed by atoms with van der Waals surface area (Å²) in [4.78, 5) is 36.6. The Bertz CT molecular complexity index is 876. The number of nitrogens with one attached hydrogen (secondary N) is 2. The van der Waals surface area contributed by atoms with Crippen molar-refractivity contribution in [1.82, 2.24) is 15.5 Å². The number of carbonyl (C=O) groups excluding carboxylic acids is 2. The van der Waals surface area contributed by atoms with Crippen LogP contribution in [0.25, 0.3) is 10.8 Å². The molecule has 26 heavy (non-hydrogen) atoms. The lowest BCUT2D eigenvalue weighted by Crippen LogP contribution is -2.46. The molecule has 1 fully saturated rings. The molecule has 2 N–H and O–H groups in total. The molecule has 0 saturated heterocycles. The van der Waals surface area contributed by atoms with E-state index in [4.69, 9.17) is 4.74 Å². The van der Waals surface area contributed by atoms with E-state index in [0.29, 0.717) is 16.7 Å². The Labute approximate surface area is 151 Å². The first kappa shape index (κ1) is 18.1. The molecule has 3 rings (SSSR count). The molecular formula is C19H23N3O4. The van der Waals surface area contributed by atoms with Crippen LogP contribution in [0.1, 0.15) is 50.0 Å². The summed E-state index contributed by atoms with van der Waals surface area (Å²) >= 11 is 0. The monoisotopic (exact) mass is 357 g/mol. The molecule has 1 amide bonds. The van der Waals surface area contributed by atoms with Crippen LogP contribution >= 0.6 is 0 Å². The smallest absolute Gasteiger partial charge is 0.360 e. The van der Waals surface area contributed by atoms with Gasteiger partial charge in [0.2, 0.25) is 0 Å². The summed E-state index contributed by atoms with van der Waals surface area (Å²) < 4.78 is 5.29. The SMILES string of the molecule is C[C@@H]1CCCC[C@@H]1NC(=O)[C@@H](C)OC(=O)c1n[nH]c(=O)c2ccccc12. The number of rotatable bonds is 4. The van der Waals surface area contributed by atoms with E-state index < -0.39 is 12.1 Å². The van der Waals surface area contributed by atoms with Crippen molar-refractivity contribution in [2.45, 2.75) is 51.7 Å². The van der Waals surface area contributed by atoms with Crippen molar-refractivity contribution in [3.8, 4) is 0 Å². The average molecular weight is 357 g/mol. The molecule has 1 saturated carbocycles. The minimum absolute atomic E-state index is 0.00844. The van der Waals surface area contributed by atoms with Gasteiger partial charge in [-0.25, -0.2) is 9.89 Å². The molecule has 7 heteroatoms. The quantitative estimate of drug-likeness (QED) is 0.817. The van der Waals surface area contributed by atoms with Crippen LogP contribution in [-0.4, -0.2) is 34.2 Å². The first-order chi connectivity index (χ1) is 12.5. The molecule has 0 spiro atoms. The van der Waals surface area contributed by atoms with Crippen molar-refractivity contribution >= 4 is 22.6 Å². The highest BCUT2D eigenvalue weighted by molar-refractivity contribution is 6.02. The van der Waals surface area contributed by atoms with Crippen LogP contribution < -0.4 is 10.9 Å². The number of H-pyrrole nitrogens is 1. The Hall–Kier alpha value is -2.70. The predicted molar refractivity (Wildman–Crippen MR) is 96.8 cm³/mol. The number of hydrogen-bond acceptors (Lipinski definition) is 5. The highest BCUT2D eigenvalue weighted by Crippen LogP contribution is 2.24. The van der Waals surface area contributed by atoms with E-state index in [1.807, 2.05) is 0 Å². The fourth-order valence-electron chi connectivity index (χ4n) is 3.37. The zero-order chi connectivity index (χ0) is 18.7. The van der Waals surface area contributed by atoms with Gasteiger partial charge in [-0.15, -0.1) is 0 Å². The average Bonchev–Trinajstić information content (AvgIpc) is 2.64. The summed E-state index contributed by atoms with van der Waals surface area (Å²) in [7, 11) is 0. The van der Waals surface area contributed by atoms with Gasteiger partial charge >= 0.3 is 5.97 Å². The fraction of sp³-hybridized carbons (Fsp3) is 0.474. The number of nitrogens with zero attached hydrogens (tertiary/aromatic N) is 1. The number of amides is 1. The van der Waals surface area contributed by atoms with Gasteiger partial charge in [0.05, 0.1) is 5.39 Å². The largest absolute Gasteiger partial charge is 0.448 e. The van der Waals surface area contributed by atoms with Gasteiger partial charge in [-0.05, 0) is 31.7 Å².